The van der Waals surface area contributed by atoms with Crippen molar-refractivity contribution in [3.8, 4) is 5.75 Å². The number of aldehydes is 1. The maximum absolute atomic E-state index is 10.7. The van der Waals surface area contributed by atoms with E-state index in [4.69, 9.17) is 4.74 Å². The van der Waals surface area contributed by atoms with Gasteiger partial charge in [-0.25, -0.2) is 0 Å². The van der Waals surface area contributed by atoms with E-state index in [1.54, 1.807) is 6.07 Å². The lowest BCUT2D eigenvalue weighted by Gasteiger charge is -2.28. The van der Waals surface area contributed by atoms with Crippen molar-refractivity contribution in [3.63, 3.8) is 0 Å². The minimum atomic E-state index is 0.333. The van der Waals surface area contributed by atoms with Crippen molar-refractivity contribution < 1.29 is 9.53 Å². The van der Waals surface area contributed by atoms with Gasteiger partial charge < -0.3 is 4.74 Å². The van der Waals surface area contributed by atoms with Gasteiger partial charge in [0, 0.05) is 5.56 Å². The van der Waals surface area contributed by atoms with Crippen molar-refractivity contribution in [2.75, 3.05) is 0 Å². The summed E-state index contributed by atoms with van der Waals surface area (Å²) in [5, 5.41) is 0. The summed E-state index contributed by atoms with van der Waals surface area (Å²) in [6.07, 6.45) is 7.31. The van der Waals surface area contributed by atoms with Crippen LogP contribution in [0.1, 0.15) is 49.4 Å². The molecule has 0 aliphatic heterocycles. The minimum absolute atomic E-state index is 0.333. The highest BCUT2D eigenvalue weighted by atomic mass is 16.5. The fourth-order valence-electron chi connectivity index (χ4n) is 2.51. The van der Waals surface area contributed by atoms with Crippen LogP contribution in [0.2, 0.25) is 0 Å². The minimum Gasteiger partial charge on any atom is -0.490 e. The summed E-state index contributed by atoms with van der Waals surface area (Å²) in [5.41, 5.74) is 0.685. The highest BCUT2D eigenvalue weighted by Gasteiger charge is 2.21. The standard InChI is InChI=1S/C15H20O2/c1-2-12-6-8-14(9-7-12)17-15-5-3-4-13(10-15)11-16/h3-5,10-12,14H,2,6-9H2,1H3. The van der Waals surface area contributed by atoms with Gasteiger partial charge in [-0.2, -0.15) is 0 Å². The molecule has 0 spiro atoms. The normalized spacial score (nSPS) is 24.3. The zero-order valence-corrected chi connectivity index (χ0v) is 10.4. The SMILES string of the molecule is CCC1CCC(Oc2cccc(C=O)c2)CC1. The summed E-state index contributed by atoms with van der Waals surface area (Å²) in [6.45, 7) is 2.26. The highest BCUT2D eigenvalue weighted by molar-refractivity contribution is 5.75. The zero-order valence-electron chi connectivity index (χ0n) is 10.4. The van der Waals surface area contributed by atoms with Gasteiger partial charge in [0.1, 0.15) is 12.0 Å². The number of carbonyl (C=O) groups excluding carboxylic acids is 1. The molecule has 1 aromatic rings. The summed E-state index contributed by atoms with van der Waals surface area (Å²) < 4.78 is 5.93. The quantitative estimate of drug-likeness (QED) is 0.737. The number of carbonyl (C=O) groups is 1. The van der Waals surface area contributed by atoms with Gasteiger partial charge in [-0.1, -0.05) is 25.5 Å². The molecule has 1 saturated carbocycles. The van der Waals surface area contributed by atoms with E-state index in [-0.39, 0.29) is 0 Å². The Balaban J connectivity index is 1.90. The lowest BCUT2D eigenvalue weighted by Crippen LogP contribution is -2.23. The molecule has 1 aliphatic carbocycles. The molecule has 2 nitrogen and oxygen atoms in total. The van der Waals surface area contributed by atoms with E-state index in [0.717, 1.165) is 30.8 Å². The van der Waals surface area contributed by atoms with E-state index in [2.05, 4.69) is 6.92 Å². The van der Waals surface area contributed by atoms with Gasteiger partial charge in [0.15, 0.2) is 0 Å². The molecule has 17 heavy (non-hydrogen) atoms. The van der Waals surface area contributed by atoms with E-state index < -0.39 is 0 Å². The fraction of sp³-hybridized carbons (Fsp3) is 0.533. The molecule has 1 aliphatic rings. The second kappa shape index (κ2) is 5.85. The maximum Gasteiger partial charge on any atom is 0.150 e. The molecule has 2 rings (SSSR count). The Morgan fingerprint density at radius 1 is 1.29 bits per heavy atom. The Hall–Kier alpha value is -1.31. The van der Waals surface area contributed by atoms with Crippen LogP contribution in [-0.4, -0.2) is 12.4 Å². The van der Waals surface area contributed by atoms with Crippen LogP contribution < -0.4 is 4.74 Å². The van der Waals surface area contributed by atoms with Crippen LogP contribution in [0.15, 0.2) is 24.3 Å². The Morgan fingerprint density at radius 2 is 2.06 bits per heavy atom. The van der Waals surface area contributed by atoms with Crippen molar-refractivity contribution in [1.29, 1.82) is 0 Å². The Kier molecular flexibility index (Phi) is 4.18. The summed E-state index contributed by atoms with van der Waals surface area (Å²) in [6, 6.07) is 7.42. The van der Waals surface area contributed by atoms with Crippen LogP contribution in [0.25, 0.3) is 0 Å². The lowest BCUT2D eigenvalue weighted by molar-refractivity contribution is 0.112. The van der Waals surface area contributed by atoms with Crippen LogP contribution in [-0.2, 0) is 0 Å². The molecule has 0 bridgehead atoms. The van der Waals surface area contributed by atoms with Crippen LogP contribution in [0.4, 0.5) is 0 Å². The Bertz CT molecular complexity index is 365. The first-order valence-electron chi connectivity index (χ1n) is 6.53. The second-order valence-electron chi connectivity index (χ2n) is 4.86. The van der Waals surface area contributed by atoms with Crippen molar-refractivity contribution in [1.82, 2.24) is 0 Å². The molecule has 0 amide bonds. The van der Waals surface area contributed by atoms with Crippen molar-refractivity contribution >= 4 is 6.29 Å². The number of rotatable bonds is 4. The average molecular weight is 232 g/mol. The van der Waals surface area contributed by atoms with Gasteiger partial charge in [0.25, 0.3) is 0 Å². The van der Waals surface area contributed by atoms with Crippen LogP contribution in [0.3, 0.4) is 0 Å². The zero-order chi connectivity index (χ0) is 12.1. The molecule has 0 heterocycles. The summed E-state index contributed by atoms with van der Waals surface area (Å²) >= 11 is 0. The second-order valence-corrected chi connectivity index (χ2v) is 4.86. The van der Waals surface area contributed by atoms with Crippen LogP contribution in [0.5, 0.6) is 5.75 Å². The van der Waals surface area contributed by atoms with E-state index in [1.165, 1.54) is 19.3 Å². The molecule has 1 aromatic carbocycles. The van der Waals surface area contributed by atoms with Gasteiger partial charge in [-0.3, -0.25) is 4.79 Å². The molecule has 0 aromatic heterocycles. The van der Waals surface area contributed by atoms with Crippen LogP contribution in [0, 0.1) is 5.92 Å². The molecule has 0 unspecified atom stereocenters. The smallest absolute Gasteiger partial charge is 0.150 e. The molecule has 0 radical (unpaired) electrons. The highest BCUT2D eigenvalue weighted by Crippen LogP contribution is 2.29. The largest absolute Gasteiger partial charge is 0.490 e. The third kappa shape index (κ3) is 3.32. The molecule has 0 atom stereocenters. The van der Waals surface area contributed by atoms with Crippen molar-refractivity contribution in [2.24, 2.45) is 5.92 Å². The monoisotopic (exact) mass is 232 g/mol. The van der Waals surface area contributed by atoms with Crippen molar-refractivity contribution in [3.05, 3.63) is 29.8 Å². The van der Waals surface area contributed by atoms with Gasteiger partial charge in [-0.05, 0) is 43.7 Å². The summed E-state index contributed by atoms with van der Waals surface area (Å²) in [5.74, 6) is 1.71. The van der Waals surface area contributed by atoms with E-state index in [0.29, 0.717) is 11.7 Å². The average Bonchev–Trinajstić information content (AvgIpc) is 2.40. The van der Waals surface area contributed by atoms with Gasteiger partial charge in [-0.15, -0.1) is 0 Å². The predicted molar refractivity (Wildman–Crippen MR) is 68.5 cm³/mol. The third-order valence-corrected chi connectivity index (χ3v) is 3.67. The molecule has 2 heteroatoms. The van der Waals surface area contributed by atoms with E-state index in [1.807, 2.05) is 18.2 Å². The predicted octanol–water partition coefficient (Wildman–Crippen LogP) is 3.85. The first kappa shape index (κ1) is 12.2. The number of hydrogen-bond donors (Lipinski definition) is 0. The number of hydrogen-bond acceptors (Lipinski definition) is 2. The molecule has 1 fully saturated rings. The first-order valence-corrected chi connectivity index (χ1v) is 6.53. The Labute approximate surface area is 103 Å². The summed E-state index contributed by atoms with van der Waals surface area (Å²) in [7, 11) is 0. The summed E-state index contributed by atoms with van der Waals surface area (Å²) in [4.78, 5) is 10.7. The number of ether oxygens (including phenoxy) is 1. The molecular weight excluding hydrogens is 212 g/mol. The van der Waals surface area contributed by atoms with Crippen molar-refractivity contribution in [2.45, 2.75) is 45.1 Å². The molecule has 0 N–H and O–H groups in total. The maximum atomic E-state index is 10.7. The molecule has 92 valence electrons. The van der Waals surface area contributed by atoms with Gasteiger partial charge >= 0.3 is 0 Å². The third-order valence-electron chi connectivity index (χ3n) is 3.67. The van der Waals surface area contributed by atoms with E-state index >= 15 is 0 Å². The molecule has 0 saturated heterocycles. The lowest BCUT2D eigenvalue weighted by atomic mass is 9.86. The van der Waals surface area contributed by atoms with E-state index in [9.17, 15) is 4.79 Å². The number of benzene rings is 1. The topological polar surface area (TPSA) is 26.3 Å². The van der Waals surface area contributed by atoms with Crippen LogP contribution >= 0.6 is 0 Å². The fourth-order valence-corrected chi connectivity index (χ4v) is 2.51. The Morgan fingerprint density at radius 3 is 2.71 bits per heavy atom. The first-order chi connectivity index (χ1) is 8.31. The van der Waals surface area contributed by atoms with Gasteiger partial charge in [0.05, 0.1) is 6.10 Å². The van der Waals surface area contributed by atoms with Gasteiger partial charge in [0.2, 0.25) is 0 Å². The molecular formula is C15H20O2.